The van der Waals surface area contributed by atoms with E-state index in [4.69, 9.17) is 4.74 Å². The van der Waals surface area contributed by atoms with Crippen LogP contribution in [0.25, 0.3) is 0 Å². The van der Waals surface area contributed by atoms with Crippen molar-refractivity contribution in [3.8, 4) is 5.75 Å². The van der Waals surface area contributed by atoms with Crippen molar-refractivity contribution < 1.29 is 9.66 Å². The first-order chi connectivity index (χ1) is 9.13. The molecule has 0 unspecified atom stereocenters. The molecule has 1 aromatic carbocycles. The third-order valence-electron chi connectivity index (χ3n) is 2.62. The number of hydrogen-bond donors (Lipinski definition) is 1. The molecule has 0 aliphatic heterocycles. The molecule has 0 aliphatic rings. The standard InChI is InChI=1S/C12H14N4O3/c1-3-15-8-10(7-13-15)14-9-4-5-11(16(17)18)12(6-9)19-2/h4-8,14H,3H2,1-2H3. The van der Waals surface area contributed by atoms with Crippen LogP contribution in [0.2, 0.25) is 0 Å². The summed E-state index contributed by atoms with van der Waals surface area (Å²) in [6.07, 6.45) is 3.55. The summed E-state index contributed by atoms with van der Waals surface area (Å²) in [5.41, 5.74) is 1.47. The summed E-state index contributed by atoms with van der Waals surface area (Å²) in [6, 6.07) is 4.62. The molecule has 100 valence electrons. The second-order valence-corrected chi connectivity index (χ2v) is 3.85. The summed E-state index contributed by atoms with van der Waals surface area (Å²) in [5, 5.41) is 18.0. The van der Waals surface area contributed by atoms with Crippen molar-refractivity contribution >= 4 is 17.1 Å². The lowest BCUT2D eigenvalue weighted by Crippen LogP contribution is -1.96. The van der Waals surface area contributed by atoms with E-state index in [-0.39, 0.29) is 11.4 Å². The summed E-state index contributed by atoms with van der Waals surface area (Å²) in [5.74, 6) is 0.220. The zero-order chi connectivity index (χ0) is 13.8. The molecule has 0 saturated carbocycles. The molecule has 0 bridgehead atoms. The highest BCUT2D eigenvalue weighted by atomic mass is 16.6. The molecule has 19 heavy (non-hydrogen) atoms. The number of anilines is 2. The van der Waals surface area contributed by atoms with Crippen LogP contribution in [0.1, 0.15) is 6.92 Å². The van der Waals surface area contributed by atoms with Gasteiger partial charge in [0, 0.05) is 30.6 Å². The molecule has 0 radical (unpaired) electrons. The van der Waals surface area contributed by atoms with Crippen LogP contribution in [-0.4, -0.2) is 21.8 Å². The number of rotatable bonds is 5. The van der Waals surface area contributed by atoms with Gasteiger partial charge in [0.1, 0.15) is 0 Å². The second-order valence-electron chi connectivity index (χ2n) is 3.85. The predicted octanol–water partition coefficient (Wildman–Crippen LogP) is 2.56. The van der Waals surface area contributed by atoms with Gasteiger partial charge in [0.2, 0.25) is 0 Å². The van der Waals surface area contributed by atoms with Crippen LogP contribution in [-0.2, 0) is 6.54 Å². The van der Waals surface area contributed by atoms with Crippen molar-refractivity contribution in [1.29, 1.82) is 0 Å². The summed E-state index contributed by atoms with van der Waals surface area (Å²) < 4.78 is 6.79. The average molecular weight is 262 g/mol. The Labute approximate surface area is 110 Å². The van der Waals surface area contributed by atoms with Gasteiger partial charge >= 0.3 is 5.69 Å². The number of nitrogens with one attached hydrogen (secondary N) is 1. The maximum atomic E-state index is 10.8. The molecule has 1 N–H and O–H groups in total. The molecule has 7 nitrogen and oxygen atoms in total. The zero-order valence-corrected chi connectivity index (χ0v) is 10.7. The zero-order valence-electron chi connectivity index (χ0n) is 10.7. The summed E-state index contributed by atoms with van der Waals surface area (Å²) in [6.45, 7) is 2.77. The SMILES string of the molecule is CCn1cc(Nc2ccc([N+](=O)[O-])c(OC)c2)cn1. The van der Waals surface area contributed by atoms with Gasteiger partial charge < -0.3 is 10.1 Å². The Kier molecular flexibility index (Phi) is 3.65. The van der Waals surface area contributed by atoms with Crippen molar-refractivity contribution in [2.75, 3.05) is 12.4 Å². The van der Waals surface area contributed by atoms with Gasteiger partial charge in [-0.05, 0) is 13.0 Å². The van der Waals surface area contributed by atoms with Gasteiger partial charge in [-0.3, -0.25) is 14.8 Å². The molecule has 1 aromatic heterocycles. The fourth-order valence-electron chi connectivity index (χ4n) is 1.67. The van der Waals surface area contributed by atoms with Crippen molar-refractivity contribution in [3.05, 3.63) is 40.7 Å². The minimum atomic E-state index is -0.474. The Balaban J connectivity index is 2.23. The van der Waals surface area contributed by atoms with E-state index in [1.54, 1.807) is 23.0 Å². The Morgan fingerprint density at radius 2 is 2.26 bits per heavy atom. The summed E-state index contributed by atoms with van der Waals surface area (Å²) >= 11 is 0. The number of aryl methyl sites for hydroxylation is 1. The summed E-state index contributed by atoms with van der Waals surface area (Å²) in [7, 11) is 1.40. The fourth-order valence-corrected chi connectivity index (χ4v) is 1.67. The van der Waals surface area contributed by atoms with Crippen LogP contribution >= 0.6 is 0 Å². The Morgan fingerprint density at radius 1 is 1.47 bits per heavy atom. The maximum Gasteiger partial charge on any atom is 0.311 e. The van der Waals surface area contributed by atoms with Crippen LogP contribution in [0, 0.1) is 10.1 Å². The maximum absolute atomic E-state index is 10.8. The van der Waals surface area contributed by atoms with E-state index in [1.165, 1.54) is 13.2 Å². The predicted molar refractivity (Wildman–Crippen MR) is 70.8 cm³/mol. The second kappa shape index (κ2) is 5.38. The van der Waals surface area contributed by atoms with Gasteiger partial charge in [0.25, 0.3) is 0 Å². The number of methoxy groups -OCH3 is 1. The Hall–Kier alpha value is -2.57. The van der Waals surface area contributed by atoms with Crippen molar-refractivity contribution in [2.45, 2.75) is 13.5 Å². The largest absolute Gasteiger partial charge is 0.490 e. The number of hydrogen-bond acceptors (Lipinski definition) is 5. The molecule has 0 spiro atoms. The lowest BCUT2D eigenvalue weighted by atomic mass is 10.2. The fraction of sp³-hybridized carbons (Fsp3) is 0.250. The van der Waals surface area contributed by atoms with Gasteiger partial charge in [-0.25, -0.2) is 0 Å². The minimum absolute atomic E-state index is 0.0581. The average Bonchev–Trinajstić information content (AvgIpc) is 2.86. The molecule has 0 atom stereocenters. The van der Waals surface area contributed by atoms with Gasteiger partial charge in [0.05, 0.1) is 23.9 Å². The number of nitrogens with zero attached hydrogens (tertiary/aromatic N) is 3. The lowest BCUT2D eigenvalue weighted by Gasteiger charge is -2.06. The smallest absolute Gasteiger partial charge is 0.311 e. The van der Waals surface area contributed by atoms with Crippen molar-refractivity contribution in [2.24, 2.45) is 0 Å². The number of benzene rings is 1. The highest BCUT2D eigenvalue weighted by Gasteiger charge is 2.14. The van der Waals surface area contributed by atoms with Crippen LogP contribution in [0.3, 0.4) is 0 Å². The Bertz CT molecular complexity index is 594. The van der Waals surface area contributed by atoms with Gasteiger partial charge in [0.15, 0.2) is 5.75 Å². The van der Waals surface area contributed by atoms with E-state index >= 15 is 0 Å². The number of nitro benzene ring substituents is 1. The van der Waals surface area contributed by atoms with Crippen LogP contribution < -0.4 is 10.1 Å². The van der Waals surface area contributed by atoms with E-state index < -0.39 is 4.92 Å². The molecule has 1 heterocycles. The monoisotopic (exact) mass is 262 g/mol. The third kappa shape index (κ3) is 2.82. The van der Waals surface area contributed by atoms with Crippen LogP contribution in [0.5, 0.6) is 5.75 Å². The molecule has 0 amide bonds. The number of aromatic nitrogens is 2. The molecule has 0 fully saturated rings. The van der Waals surface area contributed by atoms with E-state index in [2.05, 4.69) is 10.4 Å². The molecule has 2 rings (SSSR count). The normalized spacial score (nSPS) is 10.2. The highest BCUT2D eigenvalue weighted by molar-refractivity contribution is 5.64. The van der Waals surface area contributed by atoms with Gasteiger partial charge in [-0.1, -0.05) is 0 Å². The first-order valence-corrected chi connectivity index (χ1v) is 5.76. The third-order valence-corrected chi connectivity index (χ3v) is 2.62. The van der Waals surface area contributed by atoms with Crippen molar-refractivity contribution in [1.82, 2.24) is 9.78 Å². The first-order valence-electron chi connectivity index (χ1n) is 5.76. The molecule has 7 heteroatoms. The lowest BCUT2D eigenvalue weighted by molar-refractivity contribution is -0.385. The van der Waals surface area contributed by atoms with Crippen molar-refractivity contribution in [3.63, 3.8) is 0 Å². The van der Waals surface area contributed by atoms with Gasteiger partial charge in [-0.15, -0.1) is 0 Å². The summed E-state index contributed by atoms with van der Waals surface area (Å²) in [4.78, 5) is 10.3. The van der Waals surface area contributed by atoms with E-state index in [0.29, 0.717) is 5.69 Å². The molecular formula is C12H14N4O3. The van der Waals surface area contributed by atoms with E-state index in [1.807, 2.05) is 13.1 Å². The molecular weight excluding hydrogens is 248 g/mol. The van der Waals surface area contributed by atoms with E-state index in [0.717, 1.165) is 12.2 Å². The molecule has 0 aliphatic carbocycles. The Morgan fingerprint density at radius 3 is 2.84 bits per heavy atom. The molecule has 2 aromatic rings. The topological polar surface area (TPSA) is 82.2 Å². The first kappa shape index (κ1) is 12.9. The van der Waals surface area contributed by atoms with Crippen LogP contribution in [0.4, 0.5) is 17.1 Å². The molecule has 0 saturated heterocycles. The number of ether oxygens (including phenoxy) is 1. The van der Waals surface area contributed by atoms with E-state index in [9.17, 15) is 10.1 Å². The minimum Gasteiger partial charge on any atom is -0.490 e. The quantitative estimate of drug-likeness (QED) is 0.661. The number of nitro groups is 1. The highest BCUT2D eigenvalue weighted by Crippen LogP contribution is 2.30. The van der Waals surface area contributed by atoms with Crippen LogP contribution in [0.15, 0.2) is 30.6 Å². The van der Waals surface area contributed by atoms with Gasteiger partial charge in [-0.2, -0.15) is 5.10 Å².